The van der Waals surface area contributed by atoms with Gasteiger partial charge in [-0.2, -0.15) is 0 Å². The fraction of sp³-hybridized carbons (Fsp3) is 0.316. The van der Waals surface area contributed by atoms with E-state index in [1.165, 1.54) is 0 Å². The SMILES string of the molecule is Cc1c(NS(C)(=O)=O)cccc1N(Cc1ccccc1)Cc1ccc(Oc2ccc(CCCC(=O)N[C@@H](CCCCN)C(=O)O)cc2)cc1. The highest BCUT2D eigenvalue weighted by molar-refractivity contribution is 7.92. The third-order valence-electron chi connectivity index (χ3n) is 8.06. The van der Waals surface area contributed by atoms with Gasteiger partial charge in [0, 0.05) is 25.2 Å². The lowest BCUT2D eigenvalue weighted by atomic mass is 10.1. The molecule has 0 spiro atoms. The molecule has 0 aliphatic rings. The Morgan fingerprint density at radius 2 is 1.43 bits per heavy atom. The summed E-state index contributed by atoms with van der Waals surface area (Å²) < 4.78 is 32.7. The summed E-state index contributed by atoms with van der Waals surface area (Å²) in [6, 6.07) is 30.5. The molecule has 0 aromatic heterocycles. The predicted octanol–water partition coefficient (Wildman–Crippen LogP) is 6.39. The lowest BCUT2D eigenvalue weighted by molar-refractivity contribution is -0.142. The van der Waals surface area contributed by atoms with Gasteiger partial charge in [-0.05, 0) is 104 Å². The van der Waals surface area contributed by atoms with Crippen molar-refractivity contribution in [3.8, 4) is 11.5 Å². The van der Waals surface area contributed by atoms with Gasteiger partial charge < -0.3 is 25.8 Å². The van der Waals surface area contributed by atoms with E-state index < -0.39 is 22.0 Å². The van der Waals surface area contributed by atoms with Crippen LogP contribution in [0.25, 0.3) is 0 Å². The number of aryl methyl sites for hydroxylation is 1. The quantitative estimate of drug-likeness (QED) is 0.0830. The van der Waals surface area contributed by atoms with Crippen LogP contribution in [0.2, 0.25) is 0 Å². The number of unbranched alkanes of at least 4 members (excludes halogenated alkanes) is 1. The second kappa shape index (κ2) is 18.0. The summed E-state index contributed by atoms with van der Waals surface area (Å²) in [4.78, 5) is 26.0. The number of anilines is 2. The second-order valence-electron chi connectivity index (χ2n) is 12.2. The van der Waals surface area contributed by atoms with Crippen LogP contribution in [0.1, 0.15) is 54.4 Å². The van der Waals surface area contributed by atoms with Gasteiger partial charge in [0.05, 0.1) is 11.9 Å². The summed E-state index contributed by atoms with van der Waals surface area (Å²) in [5.41, 5.74) is 11.1. The van der Waals surface area contributed by atoms with Crippen molar-refractivity contribution in [2.75, 3.05) is 22.4 Å². The molecule has 260 valence electrons. The number of nitrogens with zero attached hydrogens (tertiary/aromatic N) is 1. The molecule has 10 nitrogen and oxygen atoms in total. The number of benzene rings is 4. The Kier molecular flexibility index (Phi) is 13.6. The van der Waals surface area contributed by atoms with Crippen LogP contribution >= 0.6 is 0 Å². The Balaban J connectivity index is 1.34. The molecular weight excluding hydrogens is 641 g/mol. The number of ether oxygens (including phenoxy) is 1. The van der Waals surface area contributed by atoms with E-state index in [1.807, 2.05) is 85.8 Å². The van der Waals surface area contributed by atoms with Gasteiger partial charge in [0.15, 0.2) is 0 Å². The third-order valence-corrected chi connectivity index (χ3v) is 8.65. The number of carbonyl (C=O) groups excluding carboxylic acids is 1. The Hall–Kier alpha value is -4.87. The van der Waals surface area contributed by atoms with Crippen molar-refractivity contribution in [1.82, 2.24) is 5.32 Å². The number of carboxylic acids is 1. The molecule has 0 fully saturated rings. The molecule has 49 heavy (non-hydrogen) atoms. The highest BCUT2D eigenvalue weighted by Gasteiger charge is 2.19. The Labute approximate surface area is 289 Å². The Morgan fingerprint density at radius 3 is 2.02 bits per heavy atom. The number of hydrogen-bond donors (Lipinski definition) is 4. The van der Waals surface area contributed by atoms with E-state index in [0.717, 1.165) is 40.6 Å². The highest BCUT2D eigenvalue weighted by atomic mass is 32.2. The monoisotopic (exact) mass is 686 g/mol. The summed E-state index contributed by atoms with van der Waals surface area (Å²) >= 11 is 0. The number of aliphatic carboxylic acids is 1. The van der Waals surface area contributed by atoms with Crippen molar-refractivity contribution in [2.24, 2.45) is 5.73 Å². The van der Waals surface area contributed by atoms with Crippen molar-refractivity contribution in [1.29, 1.82) is 0 Å². The highest BCUT2D eigenvalue weighted by Crippen LogP contribution is 2.31. The van der Waals surface area contributed by atoms with Gasteiger partial charge in [-0.15, -0.1) is 0 Å². The first-order chi connectivity index (χ1) is 23.5. The van der Waals surface area contributed by atoms with Crippen LogP contribution in [-0.4, -0.2) is 44.2 Å². The molecule has 11 heteroatoms. The summed E-state index contributed by atoms with van der Waals surface area (Å²) in [6.45, 7) is 3.65. The fourth-order valence-electron chi connectivity index (χ4n) is 5.52. The number of hydrogen-bond acceptors (Lipinski definition) is 7. The molecule has 4 rings (SSSR count). The molecule has 5 N–H and O–H groups in total. The maximum absolute atomic E-state index is 12.3. The average Bonchev–Trinajstić information content (AvgIpc) is 3.06. The van der Waals surface area contributed by atoms with Gasteiger partial charge in [-0.1, -0.05) is 60.7 Å². The molecular formula is C38H46N4O6S. The van der Waals surface area contributed by atoms with E-state index in [9.17, 15) is 23.1 Å². The minimum Gasteiger partial charge on any atom is -0.480 e. The van der Waals surface area contributed by atoms with Crippen LogP contribution in [0, 0.1) is 6.92 Å². The van der Waals surface area contributed by atoms with Gasteiger partial charge in [0.1, 0.15) is 17.5 Å². The van der Waals surface area contributed by atoms with Crippen LogP contribution in [0.3, 0.4) is 0 Å². The van der Waals surface area contributed by atoms with Gasteiger partial charge in [-0.3, -0.25) is 9.52 Å². The molecule has 4 aromatic carbocycles. The molecule has 0 aliphatic heterocycles. The van der Waals surface area contributed by atoms with Crippen LogP contribution in [0.4, 0.5) is 11.4 Å². The van der Waals surface area contributed by atoms with E-state index in [4.69, 9.17) is 10.5 Å². The van der Waals surface area contributed by atoms with Crippen molar-refractivity contribution in [3.63, 3.8) is 0 Å². The Morgan fingerprint density at radius 1 is 0.816 bits per heavy atom. The number of sulfonamides is 1. The van der Waals surface area contributed by atoms with Crippen molar-refractivity contribution in [2.45, 2.75) is 64.6 Å². The number of nitrogens with one attached hydrogen (secondary N) is 2. The molecule has 0 saturated carbocycles. The molecule has 0 heterocycles. The van der Waals surface area contributed by atoms with Crippen molar-refractivity contribution in [3.05, 3.63) is 119 Å². The third kappa shape index (κ3) is 12.3. The summed E-state index contributed by atoms with van der Waals surface area (Å²) in [5, 5.41) is 12.0. The molecule has 4 aromatic rings. The Bertz CT molecular complexity index is 1760. The van der Waals surface area contributed by atoms with Gasteiger partial charge in [0.2, 0.25) is 15.9 Å². The zero-order valence-corrected chi connectivity index (χ0v) is 28.9. The minimum atomic E-state index is -3.43. The number of rotatable bonds is 19. The van der Waals surface area contributed by atoms with Crippen LogP contribution in [-0.2, 0) is 39.1 Å². The lowest BCUT2D eigenvalue weighted by Crippen LogP contribution is -2.40. The molecule has 0 saturated heterocycles. The molecule has 1 atom stereocenters. The van der Waals surface area contributed by atoms with Crippen LogP contribution in [0.5, 0.6) is 11.5 Å². The largest absolute Gasteiger partial charge is 0.480 e. The molecule has 1 amide bonds. The standard InChI is InChI=1S/C38H46N4O6S/c1-28-34(41-49(2,46)47)14-9-15-36(28)42(26-30-10-4-3-5-11-30)27-31-19-23-33(24-20-31)48-32-21-17-29(18-22-32)12-8-16-37(43)40-35(38(44)45)13-6-7-25-39/h3-5,9-11,14-15,17-24,35,41H,6-8,12-13,16,25-27,39H2,1-2H3,(H,40,43)(H,44,45)/t35-/m0/s1. The predicted molar refractivity (Wildman–Crippen MR) is 194 cm³/mol. The van der Waals surface area contributed by atoms with E-state index in [2.05, 4.69) is 27.1 Å². The zero-order valence-electron chi connectivity index (χ0n) is 28.1. The number of carboxylic acid groups (broad SMARTS) is 1. The van der Waals surface area contributed by atoms with Gasteiger partial charge in [-0.25, -0.2) is 13.2 Å². The first kappa shape index (κ1) is 37.0. The zero-order chi connectivity index (χ0) is 35.2. The normalized spacial score (nSPS) is 11.8. The lowest BCUT2D eigenvalue weighted by Gasteiger charge is -2.28. The molecule has 0 bridgehead atoms. The number of carbonyl (C=O) groups is 2. The second-order valence-corrected chi connectivity index (χ2v) is 13.9. The molecule has 0 aliphatic carbocycles. The van der Waals surface area contributed by atoms with Crippen molar-refractivity contribution >= 4 is 33.3 Å². The topological polar surface area (TPSA) is 151 Å². The first-order valence-corrected chi connectivity index (χ1v) is 18.3. The summed E-state index contributed by atoms with van der Waals surface area (Å²) in [7, 11) is -3.43. The van der Waals surface area contributed by atoms with Gasteiger partial charge >= 0.3 is 5.97 Å². The van der Waals surface area contributed by atoms with E-state index in [0.29, 0.717) is 62.5 Å². The average molecular weight is 687 g/mol. The van der Waals surface area contributed by atoms with E-state index in [-0.39, 0.29) is 12.3 Å². The summed E-state index contributed by atoms with van der Waals surface area (Å²) in [6.07, 6.45) is 4.43. The van der Waals surface area contributed by atoms with E-state index >= 15 is 0 Å². The van der Waals surface area contributed by atoms with Crippen LogP contribution in [0.15, 0.2) is 97.1 Å². The number of nitrogens with two attached hydrogens (primary N) is 1. The maximum atomic E-state index is 12.3. The maximum Gasteiger partial charge on any atom is 0.326 e. The fourth-order valence-corrected chi connectivity index (χ4v) is 6.14. The summed E-state index contributed by atoms with van der Waals surface area (Å²) in [5.74, 6) is 0.0902. The van der Waals surface area contributed by atoms with Gasteiger partial charge in [0.25, 0.3) is 0 Å². The molecule has 0 radical (unpaired) electrons. The van der Waals surface area contributed by atoms with Crippen LogP contribution < -0.4 is 25.4 Å². The molecule has 0 unspecified atom stereocenters. The number of amides is 1. The first-order valence-electron chi connectivity index (χ1n) is 16.4. The van der Waals surface area contributed by atoms with E-state index in [1.54, 1.807) is 6.07 Å². The smallest absolute Gasteiger partial charge is 0.326 e. The minimum absolute atomic E-state index is 0.247. The van der Waals surface area contributed by atoms with Crippen molar-refractivity contribution < 1.29 is 27.9 Å².